The summed E-state index contributed by atoms with van der Waals surface area (Å²) in [5.74, 6) is 0.827. The summed E-state index contributed by atoms with van der Waals surface area (Å²) in [6.07, 6.45) is 0. The summed E-state index contributed by atoms with van der Waals surface area (Å²) in [4.78, 5) is 0. The largest absolute Gasteiger partial charge is 0.673 e. The predicted molar refractivity (Wildman–Crippen MR) is 55.4 cm³/mol. The van der Waals surface area contributed by atoms with Crippen LogP contribution in [-0.2, 0) is 0 Å². The van der Waals surface area contributed by atoms with Crippen LogP contribution in [0.15, 0.2) is 34.8 Å². The van der Waals surface area contributed by atoms with Gasteiger partial charge >= 0.3 is 12.7 Å². The summed E-state index contributed by atoms with van der Waals surface area (Å²) in [6, 6.07) is 9.36. The Morgan fingerprint density at radius 1 is 1.06 bits per heavy atom. The average molecular weight is 238 g/mol. The fourth-order valence-corrected chi connectivity index (χ4v) is 0.785. The molecule has 0 N–H and O–H groups in total. The molecule has 0 radical (unpaired) electrons. The molecule has 0 unspecified atom stereocenters. The molecule has 0 saturated carbocycles. The standard InChI is InChI=1S/C9H11O2.BF4/c1-10-8-4-3-5-9(11-2)7-6-8;2-1(3,4)5/h3-7H,1-2H3;/q+1;-1. The average Bonchev–Trinajstić information content (AvgIpc) is 2.39. The molecule has 2 nitrogen and oxygen atoms in total. The van der Waals surface area contributed by atoms with Crippen LogP contribution in [0.3, 0.4) is 0 Å². The van der Waals surface area contributed by atoms with Crippen molar-refractivity contribution in [3.63, 3.8) is 0 Å². The van der Waals surface area contributed by atoms with Crippen LogP contribution in [0.1, 0.15) is 0 Å². The van der Waals surface area contributed by atoms with Gasteiger partial charge in [0, 0.05) is 12.1 Å². The molecule has 0 aliphatic rings. The molecule has 0 amide bonds. The van der Waals surface area contributed by atoms with Crippen molar-refractivity contribution in [2.24, 2.45) is 0 Å². The normalized spacial score (nSPS) is 11.5. The van der Waals surface area contributed by atoms with Gasteiger partial charge in [-0.25, -0.2) is 0 Å². The molecule has 0 saturated heterocycles. The highest BCUT2D eigenvalue weighted by molar-refractivity contribution is 6.50. The second-order valence-corrected chi connectivity index (χ2v) is 2.57. The van der Waals surface area contributed by atoms with Gasteiger partial charge in [-0.3, -0.25) is 4.42 Å². The number of ether oxygens (including phenoxy) is 1. The van der Waals surface area contributed by atoms with Gasteiger partial charge in [-0.15, -0.1) is 0 Å². The fourth-order valence-electron chi connectivity index (χ4n) is 0.785. The minimum absolute atomic E-state index is 0.827. The van der Waals surface area contributed by atoms with E-state index in [1.54, 1.807) is 14.2 Å². The van der Waals surface area contributed by atoms with Gasteiger partial charge in [0.15, 0.2) is 0 Å². The molecular weight excluding hydrogens is 227 g/mol. The van der Waals surface area contributed by atoms with E-state index in [4.69, 9.17) is 9.16 Å². The number of methoxy groups -OCH3 is 1. The van der Waals surface area contributed by atoms with Crippen molar-refractivity contribution < 1.29 is 22.0 Å². The topological polar surface area (TPSA) is 20.5 Å². The summed E-state index contributed by atoms with van der Waals surface area (Å²) in [5, 5.41) is 0. The van der Waals surface area contributed by atoms with Crippen LogP contribution in [0.25, 0.3) is 0 Å². The third kappa shape index (κ3) is 9.05. The van der Waals surface area contributed by atoms with Crippen molar-refractivity contribution in [3.8, 4) is 5.75 Å². The molecular formula is C9H11BF4O2. The molecule has 0 aliphatic carbocycles. The third-order valence-corrected chi connectivity index (χ3v) is 1.40. The fraction of sp³-hybridized carbons (Fsp3) is 0.222. The maximum absolute atomic E-state index is 9.75. The molecule has 0 atom stereocenters. The zero-order chi connectivity index (χ0) is 12.6. The van der Waals surface area contributed by atoms with Gasteiger partial charge in [0.1, 0.15) is 5.75 Å². The molecule has 90 valence electrons. The minimum atomic E-state index is -6.00. The lowest BCUT2D eigenvalue weighted by Gasteiger charge is -1.94. The Hall–Kier alpha value is -1.53. The maximum Gasteiger partial charge on any atom is 0.673 e. The first-order chi connectivity index (χ1) is 7.36. The first kappa shape index (κ1) is 14.5. The number of rotatable bonds is 1. The Morgan fingerprint density at radius 2 is 1.62 bits per heavy atom. The van der Waals surface area contributed by atoms with Crippen LogP contribution in [0.5, 0.6) is 5.75 Å². The summed E-state index contributed by atoms with van der Waals surface area (Å²) >= 11 is 0. The zero-order valence-electron chi connectivity index (χ0n) is 8.79. The van der Waals surface area contributed by atoms with Crippen LogP contribution in [0, 0.1) is 0 Å². The van der Waals surface area contributed by atoms with Crippen LogP contribution >= 0.6 is 0 Å². The second-order valence-electron chi connectivity index (χ2n) is 2.57. The smallest absolute Gasteiger partial charge is 0.497 e. The first-order valence-corrected chi connectivity index (χ1v) is 4.25. The second kappa shape index (κ2) is 6.87. The van der Waals surface area contributed by atoms with Crippen molar-refractivity contribution in [2.75, 3.05) is 14.2 Å². The molecule has 7 heteroatoms. The quantitative estimate of drug-likeness (QED) is 0.418. The van der Waals surface area contributed by atoms with Crippen LogP contribution in [0.2, 0.25) is 0 Å². The van der Waals surface area contributed by atoms with E-state index in [1.165, 1.54) is 0 Å². The van der Waals surface area contributed by atoms with Gasteiger partial charge in [0.2, 0.25) is 0 Å². The van der Waals surface area contributed by atoms with Crippen molar-refractivity contribution in [3.05, 3.63) is 40.2 Å². The molecule has 1 rings (SSSR count). The minimum Gasteiger partial charge on any atom is -0.497 e. The molecule has 0 fully saturated rings. The van der Waals surface area contributed by atoms with E-state index in [2.05, 4.69) is 0 Å². The van der Waals surface area contributed by atoms with E-state index in [-0.39, 0.29) is 0 Å². The Morgan fingerprint density at radius 3 is 2.06 bits per heavy atom. The van der Waals surface area contributed by atoms with Crippen LogP contribution < -0.4 is 10.2 Å². The molecule has 16 heavy (non-hydrogen) atoms. The SMILES string of the molecule is COc1cccc(=[O+]C)cc1.F[B-](F)(F)F. The Balaban J connectivity index is 0.000000385. The van der Waals surface area contributed by atoms with Crippen molar-refractivity contribution >= 4 is 7.25 Å². The van der Waals surface area contributed by atoms with Crippen LogP contribution in [0.4, 0.5) is 17.3 Å². The monoisotopic (exact) mass is 238 g/mol. The first-order valence-electron chi connectivity index (χ1n) is 4.25. The van der Waals surface area contributed by atoms with Crippen molar-refractivity contribution in [1.29, 1.82) is 0 Å². The summed E-state index contributed by atoms with van der Waals surface area (Å²) in [7, 11) is -2.72. The molecule has 0 bridgehead atoms. The van der Waals surface area contributed by atoms with Gasteiger partial charge < -0.3 is 22.0 Å². The van der Waals surface area contributed by atoms with E-state index in [0.29, 0.717) is 0 Å². The van der Waals surface area contributed by atoms with E-state index in [1.807, 2.05) is 30.3 Å². The molecule has 0 aliphatic heterocycles. The van der Waals surface area contributed by atoms with E-state index >= 15 is 0 Å². The van der Waals surface area contributed by atoms with Gasteiger partial charge in [0.05, 0.1) is 7.11 Å². The lowest BCUT2D eigenvalue weighted by Crippen LogP contribution is -2.02. The molecule has 1 aromatic carbocycles. The van der Waals surface area contributed by atoms with Gasteiger partial charge in [-0.1, -0.05) is 0 Å². The van der Waals surface area contributed by atoms with Gasteiger partial charge in [0.25, 0.3) is 7.11 Å². The highest BCUT2D eigenvalue weighted by Crippen LogP contribution is 2.06. The van der Waals surface area contributed by atoms with Crippen molar-refractivity contribution in [1.82, 2.24) is 0 Å². The molecule has 0 heterocycles. The maximum atomic E-state index is 9.75. The zero-order valence-corrected chi connectivity index (χ0v) is 8.79. The molecule has 0 spiro atoms. The summed E-state index contributed by atoms with van der Waals surface area (Å²) < 4.78 is 49.0. The van der Waals surface area contributed by atoms with Crippen molar-refractivity contribution in [2.45, 2.75) is 0 Å². The Bertz CT molecular complexity index is 372. The van der Waals surface area contributed by atoms with Gasteiger partial charge in [-0.05, 0) is 18.2 Å². The highest BCUT2D eigenvalue weighted by atomic mass is 19.5. The summed E-state index contributed by atoms with van der Waals surface area (Å²) in [5.41, 5.74) is 0.827. The highest BCUT2D eigenvalue weighted by Gasteiger charge is 2.20. The lowest BCUT2D eigenvalue weighted by atomic mass is 10.3. The Kier molecular flexibility index (Phi) is 6.21. The van der Waals surface area contributed by atoms with Gasteiger partial charge in [-0.2, -0.15) is 0 Å². The van der Waals surface area contributed by atoms with Crippen LogP contribution in [-0.4, -0.2) is 21.5 Å². The van der Waals surface area contributed by atoms with E-state index in [9.17, 15) is 17.3 Å². The third-order valence-electron chi connectivity index (χ3n) is 1.40. The number of halogens is 4. The summed E-state index contributed by atoms with van der Waals surface area (Å²) in [6.45, 7) is 0. The Labute approximate surface area is 90.3 Å². The van der Waals surface area contributed by atoms with E-state index in [0.717, 1.165) is 11.2 Å². The number of hydrogen-bond donors (Lipinski definition) is 0. The molecule has 1 aromatic rings. The lowest BCUT2D eigenvalue weighted by molar-refractivity contribution is 0.368. The predicted octanol–water partition coefficient (Wildman–Crippen LogP) is 2.52. The van der Waals surface area contributed by atoms with E-state index < -0.39 is 7.25 Å². The number of hydrogen-bond acceptors (Lipinski definition) is 1. The molecule has 0 aromatic heterocycles.